The maximum absolute atomic E-state index is 13.7. The van der Waals surface area contributed by atoms with Crippen molar-refractivity contribution in [1.82, 2.24) is 14.5 Å². The predicted octanol–water partition coefficient (Wildman–Crippen LogP) is 5.92. The van der Waals surface area contributed by atoms with Crippen LogP contribution in [-0.4, -0.2) is 27.2 Å². The number of carbonyl (C=O) groups excluding carboxylic acids is 1. The molecule has 33 heavy (non-hydrogen) atoms. The molecule has 0 unspecified atom stereocenters. The molecule has 3 aromatic rings. The summed E-state index contributed by atoms with van der Waals surface area (Å²) in [7, 11) is 0. The lowest BCUT2D eigenvalue weighted by Gasteiger charge is -2.23. The van der Waals surface area contributed by atoms with Crippen molar-refractivity contribution in [2.45, 2.75) is 31.5 Å². The Hall–Kier alpha value is -2.85. The van der Waals surface area contributed by atoms with E-state index >= 15 is 0 Å². The average Bonchev–Trinajstić information content (AvgIpc) is 3.46. The number of alkyl halides is 3. The lowest BCUT2D eigenvalue weighted by atomic mass is 10.1. The quantitative estimate of drug-likeness (QED) is 0.419. The molecule has 1 aliphatic heterocycles. The molecule has 6 nitrogen and oxygen atoms in total. The number of amides is 1. The Labute approximate surface area is 194 Å². The number of cyclic esters (lactones) is 1. The van der Waals surface area contributed by atoms with Gasteiger partial charge in [0, 0.05) is 17.6 Å². The number of nitrogens with zero attached hydrogens (tertiary/aromatic N) is 4. The van der Waals surface area contributed by atoms with Crippen LogP contribution in [0.15, 0.2) is 30.5 Å². The zero-order valence-electron chi connectivity index (χ0n) is 16.7. The highest BCUT2D eigenvalue weighted by Gasteiger charge is 2.43. The monoisotopic (exact) mass is 500 g/mol. The van der Waals surface area contributed by atoms with Crippen molar-refractivity contribution in [1.29, 1.82) is 0 Å². The average molecular weight is 501 g/mol. The molecule has 1 saturated heterocycles. The molecule has 2 aromatic heterocycles. The van der Waals surface area contributed by atoms with Gasteiger partial charge in [0.15, 0.2) is 0 Å². The molecule has 0 N–H and O–H groups in total. The zero-order valence-corrected chi connectivity index (χ0v) is 18.2. The molecule has 2 aliphatic rings. The number of imidazole rings is 1. The Bertz CT molecular complexity index is 1280. The summed E-state index contributed by atoms with van der Waals surface area (Å²) < 4.78 is 61.5. The van der Waals surface area contributed by atoms with Crippen LogP contribution in [0, 0.1) is 5.82 Å². The molecule has 5 rings (SSSR count). The summed E-state index contributed by atoms with van der Waals surface area (Å²) in [6, 6.07) is 3.87. The Balaban J connectivity index is 1.62. The van der Waals surface area contributed by atoms with Crippen LogP contribution in [0.5, 0.6) is 0 Å². The first-order chi connectivity index (χ1) is 15.6. The molecule has 0 bridgehead atoms. The first-order valence-electron chi connectivity index (χ1n) is 9.89. The fraction of sp³-hybridized carbons (Fsp3) is 0.286. The second-order valence-corrected chi connectivity index (χ2v) is 8.45. The fourth-order valence-corrected chi connectivity index (χ4v) is 4.57. The third-order valence-corrected chi connectivity index (χ3v) is 6.12. The molecule has 1 aromatic carbocycles. The van der Waals surface area contributed by atoms with Gasteiger partial charge in [-0.1, -0.05) is 23.2 Å². The van der Waals surface area contributed by atoms with Crippen LogP contribution in [0.25, 0.3) is 5.69 Å². The van der Waals surface area contributed by atoms with Gasteiger partial charge in [-0.2, -0.15) is 13.2 Å². The van der Waals surface area contributed by atoms with Gasteiger partial charge in [-0.05, 0) is 49.1 Å². The molecule has 0 spiro atoms. The summed E-state index contributed by atoms with van der Waals surface area (Å²) in [6.07, 6.45) is -2.82. The minimum Gasteiger partial charge on any atom is -0.446 e. The number of carbonyl (C=O) groups is 1. The molecule has 1 amide bonds. The van der Waals surface area contributed by atoms with E-state index in [1.807, 2.05) is 0 Å². The topological polar surface area (TPSA) is 60.2 Å². The second-order valence-electron chi connectivity index (χ2n) is 7.66. The Morgan fingerprint density at radius 1 is 1.12 bits per heavy atom. The normalized spacial score (nSPS) is 18.1. The van der Waals surface area contributed by atoms with E-state index in [1.165, 1.54) is 22.9 Å². The summed E-state index contributed by atoms with van der Waals surface area (Å²) in [4.78, 5) is 22.2. The number of halogens is 6. The highest BCUT2D eigenvalue weighted by Crippen LogP contribution is 2.41. The number of hydrogen-bond donors (Lipinski definition) is 0. The van der Waals surface area contributed by atoms with Crippen molar-refractivity contribution >= 4 is 35.1 Å². The molecular weight excluding hydrogens is 487 g/mol. The third kappa shape index (κ3) is 3.80. The summed E-state index contributed by atoms with van der Waals surface area (Å²) in [5, 5.41) is -0.0865. The van der Waals surface area contributed by atoms with Crippen molar-refractivity contribution in [2.75, 3.05) is 11.5 Å². The number of rotatable bonds is 3. The lowest BCUT2D eigenvalue weighted by Crippen LogP contribution is -2.30. The van der Waals surface area contributed by atoms with Gasteiger partial charge in [0.2, 0.25) is 0 Å². The highest BCUT2D eigenvalue weighted by molar-refractivity contribution is 6.31. The minimum absolute atomic E-state index is 0.0580. The van der Waals surface area contributed by atoms with Crippen molar-refractivity contribution < 1.29 is 27.1 Å². The van der Waals surface area contributed by atoms with Crippen molar-refractivity contribution in [3.63, 3.8) is 0 Å². The molecule has 172 valence electrons. The number of aryl methyl sites for hydroxylation is 1. The Kier molecular flexibility index (Phi) is 5.24. The van der Waals surface area contributed by atoms with Gasteiger partial charge in [-0.3, -0.25) is 0 Å². The van der Waals surface area contributed by atoms with Crippen molar-refractivity contribution in [3.8, 4) is 5.69 Å². The van der Waals surface area contributed by atoms with Crippen LogP contribution in [-0.2, 0) is 23.8 Å². The smallest absolute Gasteiger partial charge is 0.416 e. The molecule has 3 heterocycles. The van der Waals surface area contributed by atoms with Crippen molar-refractivity contribution in [2.24, 2.45) is 0 Å². The predicted molar refractivity (Wildman–Crippen MR) is 111 cm³/mol. The number of ether oxygens (including phenoxy) is 1. The molecule has 1 fully saturated rings. The van der Waals surface area contributed by atoms with Crippen LogP contribution in [0.4, 0.5) is 28.2 Å². The van der Waals surface area contributed by atoms with Gasteiger partial charge in [0.1, 0.15) is 35.3 Å². The summed E-state index contributed by atoms with van der Waals surface area (Å²) >= 11 is 12.0. The molecular formula is C21H14Cl2F4N4O2. The lowest BCUT2D eigenvalue weighted by molar-refractivity contribution is -0.138. The maximum atomic E-state index is 13.7. The van der Waals surface area contributed by atoms with E-state index in [4.69, 9.17) is 27.9 Å². The van der Waals surface area contributed by atoms with E-state index in [9.17, 15) is 22.4 Å². The molecule has 1 aliphatic carbocycles. The summed E-state index contributed by atoms with van der Waals surface area (Å²) in [5.41, 5.74) is 0.0453. The largest absolute Gasteiger partial charge is 0.446 e. The van der Waals surface area contributed by atoms with Gasteiger partial charge in [-0.25, -0.2) is 24.1 Å². The Morgan fingerprint density at radius 3 is 2.64 bits per heavy atom. The second kappa shape index (κ2) is 7.88. The van der Waals surface area contributed by atoms with Gasteiger partial charge in [0.25, 0.3) is 0 Å². The van der Waals surface area contributed by atoms with E-state index in [0.717, 1.165) is 17.0 Å². The maximum Gasteiger partial charge on any atom is 0.416 e. The van der Waals surface area contributed by atoms with E-state index in [-0.39, 0.29) is 40.4 Å². The Morgan fingerprint density at radius 2 is 1.91 bits per heavy atom. The van der Waals surface area contributed by atoms with Gasteiger partial charge < -0.3 is 9.30 Å². The number of aromatic nitrogens is 3. The van der Waals surface area contributed by atoms with Gasteiger partial charge in [-0.15, -0.1) is 0 Å². The first-order valence-corrected chi connectivity index (χ1v) is 10.7. The van der Waals surface area contributed by atoms with Crippen LogP contribution in [0.1, 0.15) is 35.1 Å². The van der Waals surface area contributed by atoms with E-state index < -0.39 is 29.7 Å². The van der Waals surface area contributed by atoms with E-state index in [1.54, 1.807) is 0 Å². The summed E-state index contributed by atoms with van der Waals surface area (Å²) in [6.45, 7) is -0.193. The number of fused-ring (bicyclic) bond motifs is 1. The molecule has 12 heteroatoms. The number of hydrogen-bond acceptors (Lipinski definition) is 4. The van der Waals surface area contributed by atoms with Crippen LogP contribution in [0.3, 0.4) is 0 Å². The highest BCUT2D eigenvalue weighted by atomic mass is 35.5. The summed E-state index contributed by atoms with van der Waals surface area (Å²) in [5.74, 6) is -0.612. The SMILES string of the molecule is O=C1OC[C@@H](c2nc(Cl)cn2-c2ccc(F)c(Cl)c2)N1c1cc(C(F)(F)F)c2c(n1)CCC2. The molecule has 1 atom stereocenters. The first kappa shape index (κ1) is 22.0. The number of benzene rings is 1. The standard InChI is InChI=1S/C21H14Cl2F4N4O2/c22-13-6-10(4-5-14(13)24)30-8-17(23)29-19(30)16-9-33-20(32)31(16)18-7-12(21(25,26)27)11-2-1-3-15(11)28-18/h4-8,16H,1-3,9H2/t16-/m0/s1. The minimum atomic E-state index is -4.60. The van der Waals surface area contributed by atoms with Crippen LogP contribution in [0.2, 0.25) is 10.2 Å². The number of pyridine rings is 1. The fourth-order valence-electron chi connectivity index (χ4n) is 4.21. The van der Waals surface area contributed by atoms with Crippen LogP contribution < -0.4 is 4.90 Å². The molecule has 0 radical (unpaired) electrons. The molecule has 0 saturated carbocycles. The van der Waals surface area contributed by atoms with Gasteiger partial charge in [0.05, 0.1) is 10.6 Å². The van der Waals surface area contributed by atoms with Crippen molar-refractivity contribution in [3.05, 3.63) is 69.1 Å². The third-order valence-electron chi connectivity index (χ3n) is 5.65. The van der Waals surface area contributed by atoms with E-state index in [0.29, 0.717) is 24.2 Å². The van der Waals surface area contributed by atoms with Gasteiger partial charge >= 0.3 is 12.3 Å². The zero-order chi connectivity index (χ0) is 23.5. The number of anilines is 1. The van der Waals surface area contributed by atoms with E-state index in [2.05, 4.69) is 9.97 Å². The van der Waals surface area contributed by atoms with Crippen LogP contribution >= 0.6 is 23.2 Å².